The van der Waals surface area contributed by atoms with Gasteiger partial charge in [0, 0.05) is 0 Å². The van der Waals surface area contributed by atoms with Crippen molar-refractivity contribution in [1.82, 2.24) is 0 Å². The van der Waals surface area contributed by atoms with Crippen molar-refractivity contribution in [3.8, 4) is 0 Å². The van der Waals surface area contributed by atoms with Crippen molar-refractivity contribution in [3.63, 3.8) is 0 Å². The van der Waals surface area contributed by atoms with Gasteiger partial charge in [0.15, 0.2) is 11.5 Å². The number of nitrogens with one attached hydrogen (secondary N) is 1. The fraction of sp³-hybridized carbons (Fsp3) is 0.222. The van der Waals surface area contributed by atoms with Gasteiger partial charge in [-0.15, -0.1) is 0 Å². The summed E-state index contributed by atoms with van der Waals surface area (Å²) in [6, 6.07) is 0. The molecule has 0 aromatic carbocycles. The third-order valence-electron chi connectivity index (χ3n) is 1.63. The van der Waals surface area contributed by atoms with Crippen LogP contribution in [0.4, 0.5) is 0 Å². The molecule has 0 aromatic heterocycles. The molecule has 3 N–H and O–H groups in total. The summed E-state index contributed by atoms with van der Waals surface area (Å²) < 4.78 is 10.2. The first-order chi connectivity index (χ1) is 6.15. The molecule has 0 aromatic rings. The molecule has 13 heavy (non-hydrogen) atoms. The molecule has 0 saturated carbocycles. The van der Waals surface area contributed by atoms with Crippen molar-refractivity contribution in [2.75, 3.05) is 6.79 Å². The first-order valence-corrected chi connectivity index (χ1v) is 3.80. The Bertz CT molecular complexity index is 303. The lowest BCUT2D eigenvalue weighted by atomic mass is 10.2. The van der Waals surface area contributed by atoms with Gasteiger partial charge in [-0.2, -0.15) is 0 Å². The third kappa shape index (κ3) is 2.11. The maximum Gasteiger partial charge on any atom is 0.231 e. The zero-order valence-corrected chi connectivity index (χ0v) is 7.46. The van der Waals surface area contributed by atoms with Crippen LogP contribution in [0.25, 0.3) is 0 Å². The highest BCUT2D eigenvalue weighted by Crippen LogP contribution is 2.19. The molecule has 0 unspecified atom stereocenters. The Balaban J connectivity index is 2.89. The normalized spacial score (nSPS) is 16.5. The second-order valence-electron chi connectivity index (χ2n) is 2.58. The van der Waals surface area contributed by atoms with Crippen LogP contribution < -0.4 is 5.73 Å². The second kappa shape index (κ2) is 3.80. The lowest BCUT2D eigenvalue weighted by molar-refractivity contribution is 0.0778. The van der Waals surface area contributed by atoms with Gasteiger partial charge < -0.3 is 15.2 Å². The van der Waals surface area contributed by atoms with Gasteiger partial charge in [0.25, 0.3) is 0 Å². The van der Waals surface area contributed by atoms with Crippen LogP contribution in [0, 0.1) is 5.41 Å². The largest absolute Gasteiger partial charge is 0.454 e. The van der Waals surface area contributed by atoms with Crippen LogP contribution in [0.3, 0.4) is 0 Å². The highest BCUT2D eigenvalue weighted by Gasteiger charge is 2.12. The van der Waals surface area contributed by atoms with Crippen molar-refractivity contribution >= 4 is 5.84 Å². The Hall–Kier alpha value is -1.71. The van der Waals surface area contributed by atoms with Crippen LogP contribution in [-0.2, 0) is 9.47 Å². The third-order valence-corrected chi connectivity index (χ3v) is 1.63. The van der Waals surface area contributed by atoms with E-state index in [0.717, 1.165) is 0 Å². The number of rotatable bonds is 3. The van der Waals surface area contributed by atoms with E-state index in [1.807, 2.05) is 0 Å². The van der Waals surface area contributed by atoms with Crippen LogP contribution in [0.2, 0.25) is 0 Å². The number of nitrogens with two attached hydrogens (primary N) is 1. The van der Waals surface area contributed by atoms with E-state index >= 15 is 0 Å². The molecule has 0 fully saturated rings. The molecular weight excluding hydrogens is 168 g/mol. The minimum atomic E-state index is 0.0198. The van der Waals surface area contributed by atoms with Gasteiger partial charge in [0.2, 0.25) is 6.79 Å². The van der Waals surface area contributed by atoms with Crippen LogP contribution in [0.15, 0.2) is 35.8 Å². The standard InChI is InChI=1S/C9H12N2O2/c1-3-7-8(13-5-12-7)4-6(2)9(10)11/h3-4H,1,5H2,2H3,(H3,10,11)/b6-4+. The molecule has 0 saturated heterocycles. The number of ether oxygens (including phenoxy) is 2. The van der Waals surface area contributed by atoms with Crippen LogP contribution in [-0.4, -0.2) is 12.6 Å². The van der Waals surface area contributed by atoms with E-state index in [9.17, 15) is 0 Å². The summed E-state index contributed by atoms with van der Waals surface area (Å²) in [5.41, 5.74) is 5.91. The summed E-state index contributed by atoms with van der Waals surface area (Å²) in [5, 5.41) is 7.15. The first kappa shape index (κ1) is 9.38. The van der Waals surface area contributed by atoms with Gasteiger partial charge in [-0.25, -0.2) is 0 Å². The van der Waals surface area contributed by atoms with Crippen molar-refractivity contribution in [2.45, 2.75) is 6.92 Å². The maximum atomic E-state index is 7.15. The molecule has 1 aliphatic rings. The fourth-order valence-electron chi connectivity index (χ4n) is 0.845. The smallest absolute Gasteiger partial charge is 0.231 e. The predicted molar refractivity (Wildman–Crippen MR) is 49.9 cm³/mol. The number of allylic oxidation sites excluding steroid dienone is 2. The Kier molecular flexibility index (Phi) is 2.74. The lowest BCUT2D eigenvalue weighted by Gasteiger charge is -1.98. The molecule has 70 valence electrons. The highest BCUT2D eigenvalue weighted by molar-refractivity contribution is 5.94. The molecule has 0 amide bonds. The van der Waals surface area contributed by atoms with Gasteiger partial charge in [0.05, 0.1) is 0 Å². The van der Waals surface area contributed by atoms with E-state index in [4.69, 9.17) is 20.6 Å². The fourth-order valence-corrected chi connectivity index (χ4v) is 0.845. The van der Waals surface area contributed by atoms with Gasteiger partial charge in [-0.1, -0.05) is 6.58 Å². The molecule has 1 rings (SSSR count). The summed E-state index contributed by atoms with van der Waals surface area (Å²) in [6.45, 7) is 5.49. The first-order valence-electron chi connectivity index (χ1n) is 3.80. The predicted octanol–water partition coefficient (Wildman–Crippen LogP) is 1.27. The van der Waals surface area contributed by atoms with Crippen LogP contribution in [0.1, 0.15) is 6.92 Å². The second-order valence-corrected chi connectivity index (χ2v) is 2.58. The van der Waals surface area contributed by atoms with Crippen molar-refractivity contribution in [3.05, 3.63) is 35.8 Å². The summed E-state index contributed by atoms with van der Waals surface area (Å²) >= 11 is 0. The quantitative estimate of drug-likeness (QED) is 0.507. The Morgan fingerprint density at radius 1 is 1.54 bits per heavy atom. The summed E-state index contributed by atoms with van der Waals surface area (Å²) in [7, 11) is 0. The molecule has 0 spiro atoms. The zero-order chi connectivity index (χ0) is 9.84. The van der Waals surface area contributed by atoms with Crippen molar-refractivity contribution in [1.29, 1.82) is 5.41 Å². The molecule has 4 heteroatoms. The summed E-state index contributed by atoms with van der Waals surface area (Å²) in [5.74, 6) is 1.18. The average molecular weight is 180 g/mol. The molecule has 1 aliphatic heterocycles. The van der Waals surface area contributed by atoms with Crippen LogP contribution >= 0.6 is 0 Å². The Morgan fingerprint density at radius 2 is 2.15 bits per heavy atom. The van der Waals surface area contributed by atoms with E-state index in [-0.39, 0.29) is 12.6 Å². The molecule has 0 bridgehead atoms. The van der Waals surface area contributed by atoms with Gasteiger partial charge in [0.1, 0.15) is 5.84 Å². The molecule has 1 heterocycles. The monoisotopic (exact) mass is 180 g/mol. The number of hydrogen-bond donors (Lipinski definition) is 2. The minimum Gasteiger partial charge on any atom is -0.454 e. The van der Waals surface area contributed by atoms with E-state index in [1.165, 1.54) is 0 Å². The van der Waals surface area contributed by atoms with Crippen LogP contribution in [0.5, 0.6) is 0 Å². The minimum absolute atomic E-state index is 0.0198. The maximum absolute atomic E-state index is 7.15. The van der Waals surface area contributed by atoms with Crippen molar-refractivity contribution in [2.24, 2.45) is 5.73 Å². The Morgan fingerprint density at radius 3 is 2.69 bits per heavy atom. The van der Waals surface area contributed by atoms with E-state index in [0.29, 0.717) is 17.1 Å². The van der Waals surface area contributed by atoms with Crippen molar-refractivity contribution < 1.29 is 9.47 Å². The summed E-state index contributed by atoms with van der Waals surface area (Å²) in [6.07, 6.45) is 3.22. The lowest BCUT2D eigenvalue weighted by Crippen LogP contribution is -2.10. The Labute approximate surface area is 76.8 Å². The average Bonchev–Trinajstić information content (AvgIpc) is 2.51. The highest BCUT2D eigenvalue weighted by atomic mass is 16.7. The molecular formula is C9H12N2O2. The van der Waals surface area contributed by atoms with Gasteiger partial charge in [-0.3, -0.25) is 5.41 Å². The van der Waals surface area contributed by atoms with Gasteiger partial charge in [-0.05, 0) is 24.6 Å². The number of amidine groups is 1. The molecule has 0 radical (unpaired) electrons. The van der Waals surface area contributed by atoms with E-state index < -0.39 is 0 Å². The molecule has 0 aliphatic carbocycles. The number of hydrogen-bond acceptors (Lipinski definition) is 3. The topological polar surface area (TPSA) is 68.3 Å². The van der Waals surface area contributed by atoms with E-state index in [2.05, 4.69) is 6.58 Å². The zero-order valence-electron chi connectivity index (χ0n) is 7.46. The SMILES string of the molecule is C=CC1=C(/C=C(\C)C(=N)N)OCO1. The molecule has 0 atom stereocenters. The van der Waals surface area contributed by atoms with E-state index in [1.54, 1.807) is 19.1 Å². The molecule has 4 nitrogen and oxygen atoms in total. The van der Waals surface area contributed by atoms with Gasteiger partial charge >= 0.3 is 0 Å². The summed E-state index contributed by atoms with van der Waals surface area (Å²) in [4.78, 5) is 0.